The van der Waals surface area contributed by atoms with Crippen molar-refractivity contribution in [1.29, 1.82) is 0 Å². The van der Waals surface area contributed by atoms with Crippen LogP contribution >= 0.6 is 11.6 Å². The van der Waals surface area contributed by atoms with Gasteiger partial charge in [0.25, 0.3) is 5.91 Å². The first-order valence-corrected chi connectivity index (χ1v) is 11.2. The summed E-state index contributed by atoms with van der Waals surface area (Å²) in [5, 5.41) is 0.781. The molecule has 3 aliphatic rings. The topological polar surface area (TPSA) is 26.8 Å². The molecule has 0 spiro atoms. The van der Waals surface area contributed by atoms with Crippen LogP contribution in [0.2, 0.25) is 5.02 Å². The lowest BCUT2D eigenvalue weighted by molar-refractivity contribution is 0.0627. The summed E-state index contributed by atoms with van der Waals surface area (Å²) in [6.07, 6.45) is 3.68. The largest absolute Gasteiger partial charge is 0.336 e. The van der Waals surface area contributed by atoms with Gasteiger partial charge in [0.05, 0.1) is 0 Å². The zero-order chi connectivity index (χ0) is 19.8. The molecule has 2 fully saturated rings. The van der Waals surface area contributed by atoms with Gasteiger partial charge >= 0.3 is 0 Å². The van der Waals surface area contributed by atoms with Crippen molar-refractivity contribution in [3.63, 3.8) is 0 Å². The van der Waals surface area contributed by atoms with E-state index in [9.17, 15) is 4.79 Å². The molecule has 5 heteroatoms. The molecule has 1 amide bonds. The Bertz CT molecular complexity index is 885. The van der Waals surface area contributed by atoms with Gasteiger partial charge < -0.3 is 4.90 Å². The highest BCUT2D eigenvalue weighted by molar-refractivity contribution is 6.30. The average Bonchev–Trinajstić information content (AvgIpc) is 3.60. The monoisotopic (exact) mass is 409 g/mol. The van der Waals surface area contributed by atoms with Gasteiger partial charge in [0.15, 0.2) is 0 Å². The van der Waals surface area contributed by atoms with Crippen LogP contribution in [0.15, 0.2) is 42.5 Å². The lowest BCUT2D eigenvalue weighted by Gasteiger charge is -2.35. The lowest BCUT2D eigenvalue weighted by atomic mass is 9.96. The van der Waals surface area contributed by atoms with Crippen LogP contribution in [0.4, 0.5) is 0 Å². The number of benzene rings is 2. The minimum Gasteiger partial charge on any atom is -0.336 e. The summed E-state index contributed by atoms with van der Waals surface area (Å²) in [6, 6.07) is 15.2. The van der Waals surface area contributed by atoms with Gasteiger partial charge in [0.1, 0.15) is 0 Å². The van der Waals surface area contributed by atoms with E-state index in [1.807, 2.05) is 23.1 Å². The van der Waals surface area contributed by atoms with Crippen molar-refractivity contribution >= 4 is 17.5 Å². The Morgan fingerprint density at radius 1 is 0.931 bits per heavy atom. The number of rotatable bonds is 4. The van der Waals surface area contributed by atoms with Crippen LogP contribution < -0.4 is 0 Å². The summed E-state index contributed by atoms with van der Waals surface area (Å²) in [6.45, 7) is 6.67. The van der Waals surface area contributed by atoms with Crippen LogP contribution in [-0.4, -0.2) is 59.4 Å². The predicted molar refractivity (Wildman–Crippen MR) is 116 cm³/mol. The Kier molecular flexibility index (Phi) is 5.33. The zero-order valence-electron chi connectivity index (χ0n) is 16.8. The standard InChI is InChI=1S/C24H28ClN3O/c25-22-5-1-18(2-6-22)16-26-10-9-19-15-20(3-4-21(19)17-26)24(29)28-13-11-27(12-14-28)23-7-8-23/h1-6,15,23H,7-14,16-17H2. The second-order valence-corrected chi connectivity index (χ2v) is 9.07. The summed E-state index contributed by atoms with van der Waals surface area (Å²) >= 11 is 5.99. The molecule has 1 aliphatic carbocycles. The van der Waals surface area contributed by atoms with Crippen molar-refractivity contribution in [3.05, 3.63) is 69.7 Å². The lowest BCUT2D eigenvalue weighted by Crippen LogP contribution is -2.49. The molecule has 2 aliphatic heterocycles. The molecule has 5 rings (SSSR count). The third-order valence-corrected chi connectivity index (χ3v) is 6.78. The van der Waals surface area contributed by atoms with Gasteiger partial charge in [-0.25, -0.2) is 0 Å². The molecule has 0 radical (unpaired) electrons. The average molecular weight is 410 g/mol. The molecular formula is C24H28ClN3O. The first-order valence-electron chi connectivity index (χ1n) is 10.8. The third-order valence-electron chi connectivity index (χ3n) is 6.53. The van der Waals surface area contributed by atoms with E-state index < -0.39 is 0 Å². The van der Waals surface area contributed by atoms with Gasteiger partial charge in [-0.15, -0.1) is 0 Å². The Hall–Kier alpha value is -1.88. The van der Waals surface area contributed by atoms with E-state index in [-0.39, 0.29) is 5.91 Å². The number of halogens is 1. The van der Waals surface area contributed by atoms with Crippen LogP contribution in [-0.2, 0) is 19.5 Å². The number of nitrogens with zero attached hydrogens (tertiary/aromatic N) is 3. The smallest absolute Gasteiger partial charge is 0.253 e. The minimum atomic E-state index is 0.201. The molecule has 152 valence electrons. The molecule has 0 bridgehead atoms. The van der Waals surface area contributed by atoms with E-state index in [0.717, 1.165) is 68.9 Å². The van der Waals surface area contributed by atoms with Gasteiger partial charge in [-0.3, -0.25) is 14.6 Å². The van der Waals surface area contributed by atoms with E-state index in [2.05, 4.69) is 34.1 Å². The SMILES string of the molecule is O=C(c1ccc2c(c1)CCN(Cc1ccc(Cl)cc1)C2)N1CCN(C2CC2)CC1. The van der Waals surface area contributed by atoms with Gasteiger partial charge in [-0.2, -0.15) is 0 Å². The second kappa shape index (κ2) is 8.10. The van der Waals surface area contributed by atoms with Crippen LogP contribution in [0.25, 0.3) is 0 Å². The Morgan fingerprint density at radius 3 is 2.41 bits per heavy atom. The van der Waals surface area contributed by atoms with Crippen molar-refractivity contribution in [2.75, 3.05) is 32.7 Å². The maximum absolute atomic E-state index is 13.0. The van der Waals surface area contributed by atoms with Crippen LogP contribution in [0.5, 0.6) is 0 Å². The summed E-state index contributed by atoms with van der Waals surface area (Å²) in [7, 11) is 0. The maximum Gasteiger partial charge on any atom is 0.253 e. The number of hydrogen-bond acceptors (Lipinski definition) is 3. The quantitative estimate of drug-likeness (QED) is 0.768. The van der Waals surface area contributed by atoms with Crippen LogP contribution in [0.1, 0.15) is 39.9 Å². The Balaban J connectivity index is 1.21. The van der Waals surface area contributed by atoms with E-state index in [0.29, 0.717) is 0 Å². The molecule has 1 saturated heterocycles. The van der Waals surface area contributed by atoms with E-state index >= 15 is 0 Å². The summed E-state index contributed by atoms with van der Waals surface area (Å²) < 4.78 is 0. The van der Waals surface area contributed by atoms with Crippen molar-refractivity contribution in [2.45, 2.75) is 38.4 Å². The molecular weight excluding hydrogens is 382 g/mol. The number of fused-ring (bicyclic) bond motifs is 1. The van der Waals surface area contributed by atoms with Crippen molar-refractivity contribution in [2.24, 2.45) is 0 Å². The highest BCUT2D eigenvalue weighted by Gasteiger charge is 2.32. The van der Waals surface area contributed by atoms with Crippen molar-refractivity contribution in [3.8, 4) is 0 Å². The third kappa shape index (κ3) is 4.35. The highest BCUT2D eigenvalue weighted by Crippen LogP contribution is 2.28. The normalized spacial score (nSPS) is 20.5. The maximum atomic E-state index is 13.0. The molecule has 4 nitrogen and oxygen atoms in total. The number of piperazine rings is 1. The molecule has 1 saturated carbocycles. The number of carbonyl (C=O) groups is 1. The summed E-state index contributed by atoms with van der Waals surface area (Å²) in [5.74, 6) is 0.201. The molecule has 0 atom stereocenters. The van der Waals surface area contributed by atoms with E-state index in [4.69, 9.17) is 11.6 Å². The van der Waals surface area contributed by atoms with Crippen molar-refractivity contribution < 1.29 is 4.79 Å². The molecule has 29 heavy (non-hydrogen) atoms. The summed E-state index contributed by atoms with van der Waals surface area (Å²) in [5.41, 5.74) is 4.82. The molecule has 0 aromatic heterocycles. The number of hydrogen-bond donors (Lipinski definition) is 0. The fourth-order valence-corrected chi connectivity index (χ4v) is 4.77. The Morgan fingerprint density at radius 2 is 1.69 bits per heavy atom. The van der Waals surface area contributed by atoms with E-state index in [1.54, 1.807) is 0 Å². The fourth-order valence-electron chi connectivity index (χ4n) is 4.64. The van der Waals surface area contributed by atoms with E-state index in [1.165, 1.54) is 29.5 Å². The van der Waals surface area contributed by atoms with Crippen LogP contribution in [0, 0.1) is 0 Å². The molecule has 2 aromatic carbocycles. The molecule has 0 N–H and O–H groups in total. The van der Waals surface area contributed by atoms with Gasteiger partial charge in [0, 0.05) is 62.4 Å². The number of carbonyl (C=O) groups excluding carboxylic acids is 1. The summed E-state index contributed by atoms with van der Waals surface area (Å²) in [4.78, 5) is 20.0. The zero-order valence-corrected chi connectivity index (χ0v) is 17.6. The highest BCUT2D eigenvalue weighted by atomic mass is 35.5. The van der Waals surface area contributed by atoms with Crippen LogP contribution in [0.3, 0.4) is 0 Å². The molecule has 0 unspecified atom stereocenters. The first kappa shape index (κ1) is 19.1. The number of amides is 1. The minimum absolute atomic E-state index is 0.201. The fraction of sp³-hybridized carbons (Fsp3) is 0.458. The second-order valence-electron chi connectivity index (χ2n) is 8.63. The Labute approximate surface area is 178 Å². The predicted octanol–water partition coefficient (Wildman–Crippen LogP) is 3.82. The molecule has 2 heterocycles. The van der Waals surface area contributed by atoms with Gasteiger partial charge in [0.2, 0.25) is 0 Å². The first-order chi connectivity index (χ1) is 14.2. The molecule has 2 aromatic rings. The van der Waals surface area contributed by atoms with Crippen molar-refractivity contribution in [1.82, 2.24) is 14.7 Å². The van der Waals surface area contributed by atoms with Gasteiger partial charge in [-0.1, -0.05) is 29.8 Å². The van der Waals surface area contributed by atoms with Gasteiger partial charge in [-0.05, 0) is 60.2 Å².